The van der Waals surface area contributed by atoms with Gasteiger partial charge in [-0.2, -0.15) is 15.1 Å². The molecule has 2 aromatic carbocycles. The topological polar surface area (TPSA) is 98.4 Å². The van der Waals surface area contributed by atoms with E-state index in [1.54, 1.807) is 24.5 Å². The van der Waals surface area contributed by atoms with Crippen molar-refractivity contribution < 1.29 is 14.6 Å². The van der Waals surface area contributed by atoms with Gasteiger partial charge in [-0.05, 0) is 42.5 Å². The fourth-order valence-corrected chi connectivity index (χ4v) is 3.95. The third-order valence-electron chi connectivity index (χ3n) is 5.61. The van der Waals surface area contributed by atoms with Gasteiger partial charge in [0.25, 0.3) is 0 Å². The Kier molecular flexibility index (Phi) is 4.73. The summed E-state index contributed by atoms with van der Waals surface area (Å²) in [5.41, 5.74) is 3.48. The molecule has 1 saturated heterocycles. The maximum absolute atomic E-state index is 10.2. The fraction of sp³-hybridized carbons (Fsp3) is 0.167. The number of aromatic nitrogens is 5. The molecule has 9 heteroatoms. The van der Waals surface area contributed by atoms with Crippen LogP contribution in [0, 0.1) is 0 Å². The number of fused-ring (bicyclic) bond motifs is 2. The minimum Gasteiger partial charge on any atom is -0.493 e. The number of hydrogen-bond acceptors (Lipinski definition) is 8. The van der Waals surface area contributed by atoms with Gasteiger partial charge < -0.3 is 19.5 Å². The molecule has 1 aliphatic rings. The number of pyridine rings is 1. The smallest absolute Gasteiger partial charge is 0.325 e. The number of rotatable bonds is 4. The van der Waals surface area contributed by atoms with E-state index in [0.29, 0.717) is 16.7 Å². The van der Waals surface area contributed by atoms with Crippen molar-refractivity contribution in [2.75, 3.05) is 31.2 Å². The van der Waals surface area contributed by atoms with Crippen molar-refractivity contribution in [2.24, 2.45) is 0 Å². The summed E-state index contributed by atoms with van der Waals surface area (Å²) in [4.78, 5) is 14.7. The molecule has 3 aromatic heterocycles. The van der Waals surface area contributed by atoms with Crippen LogP contribution < -0.4 is 9.64 Å². The van der Waals surface area contributed by atoms with Gasteiger partial charge in [0.15, 0.2) is 0 Å². The Morgan fingerprint density at radius 2 is 1.82 bits per heavy atom. The average molecular weight is 440 g/mol. The number of aromatic hydroxyl groups is 1. The normalized spacial score (nSPS) is 14.1. The third kappa shape index (κ3) is 3.79. The Morgan fingerprint density at radius 1 is 0.939 bits per heavy atom. The first kappa shape index (κ1) is 19.4. The largest absolute Gasteiger partial charge is 0.493 e. The van der Waals surface area contributed by atoms with E-state index >= 15 is 0 Å². The van der Waals surface area contributed by atoms with Gasteiger partial charge in [0.2, 0.25) is 5.88 Å². The van der Waals surface area contributed by atoms with Gasteiger partial charge >= 0.3 is 6.01 Å². The Bertz CT molecular complexity index is 1460. The van der Waals surface area contributed by atoms with E-state index in [0.717, 1.165) is 48.6 Å². The summed E-state index contributed by atoms with van der Waals surface area (Å²) >= 11 is 0. The van der Waals surface area contributed by atoms with E-state index in [1.807, 2.05) is 35.1 Å². The molecule has 164 valence electrons. The van der Waals surface area contributed by atoms with Crippen molar-refractivity contribution in [1.29, 1.82) is 0 Å². The summed E-state index contributed by atoms with van der Waals surface area (Å²) in [6.07, 6.45) is 5.10. The van der Waals surface area contributed by atoms with Gasteiger partial charge in [-0.25, -0.2) is 4.68 Å². The molecule has 1 aliphatic heterocycles. The van der Waals surface area contributed by atoms with Crippen LogP contribution in [0.2, 0.25) is 0 Å². The average Bonchev–Trinajstić information content (AvgIpc) is 3.28. The minimum atomic E-state index is -0.147. The first-order valence-electron chi connectivity index (χ1n) is 10.6. The molecule has 0 spiro atoms. The second-order valence-corrected chi connectivity index (χ2v) is 7.74. The van der Waals surface area contributed by atoms with E-state index in [1.165, 1.54) is 0 Å². The number of hydrogen-bond donors (Lipinski definition) is 1. The molecule has 0 radical (unpaired) electrons. The van der Waals surface area contributed by atoms with Crippen molar-refractivity contribution in [3.63, 3.8) is 0 Å². The van der Waals surface area contributed by atoms with Crippen LogP contribution in [0.4, 0.5) is 5.69 Å². The zero-order chi connectivity index (χ0) is 22.2. The highest BCUT2D eigenvalue weighted by Gasteiger charge is 2.13. The SMILES string of the molecule is Oc1nc(Oc2ccc3nn(-c4cccc(N5CCOCC5)c4)cc3c2)nc2cnccc12. The van der Waals surface area contributed by atoms with Gasteiger partial charge in [-0.1, -0.05) is 6.07 Å². The molecule has 0 amide bonds. The molecule has 0 saturated carbocycles. The summed E-state index contributed by atoms with van der Waals surface area (Å²) < 4.78 is 13.1. The molecule has 0 aliphatic carbocycles. The highest BCUT2D eigenvalue weighted by atomic mass is 16.5. The third-order valence-corrected chi connectivity index (χ3v) is 5.61. The Balaban J connectivity index is 1.29. The summed E-state index contributed by atoms with van der Waals surface area (Å²) in [5, 5.41) is 16.3. The fourth-order valence-electron chi connectivity index (χ4n) is 3.95. The van der Waals surface area contributed by atoms with E-state index in [-0.39, 0.29) is 11.9 Å². The maximum Gasteiger partial charge on any atom is 0.325 e. The predicted molar refractivity (Wildman–Crippen MR) is 123 cm³/mol. The first-order chi connectivity index (χ1) is 16.2. The summed E-state index contributed by atoms with van der Waals surface area (Å²) in [5.74, 6) is 0.401. The van der Waals surface area contributed by atoms with E-state index < -0.39 is 0 Å². The van der Waals surface area contributed by atoms with Crippen molar-refractivity contribution in [3.05, 3.63) is 67.1 Å². The zero-order valence-electron chi connectivity index (χ0n) is 17.6. The van der Waals surface area contributed by atoms with Crippen LogP contribution in [0.1, 0.15) is 0 Å². The summed E-state index contributed by atoms with van der Waals surface area (Å²) in [6.45, 7) is 3.25. The standard InChI is InChI=1S/C24H20N6O3/c31-23-20-6-7-25-14-22(20)26-24(27-23)33-19-4-5-21-16(12-19)15-30(28-21)18-3-1-2-17(13-18)29-8-10-32-11-9-29/h1-7,12-15H,8-11H2,(H,26,27,31). The van der Waals surface area contributed by atoms with E-state index in [9.17, 15) is 5.11 Å². The predicted octanol–water partition coefficient (Wildman–Crippen LogP) is 3.70. The summed E-state index contributed by atoms with van der Waals surface area (Å²) in [6, 6.07) is 15.6. The zero-order valence-corrected chi connectivity index (χ0v) is 17.6. The van der Waals surface area contributed by atoms with Crippen LogP contribution in [0.3, 0.4) is 0 Å². The van der Waals surface area contributed by atoms with Crippen LogP contribution in [0.15, 0.2) is 67.1 Å². The lowest BCUT2D eigenvalue weighted by Crippen LogP contribution is -2.36. The van der Waals surface area contributed by atoms with Crippen molar-refractivity contribution in [3.8, 4) is 23.3 Å². The van der Waals surface area contributed by atoms with Gasteiger partial charge in [-0.3, -0.25) is 4.98 Å². The van der Waals surface area contributed by atoms with Crippen LogP contribution in [-0.4, -0.2) is 56.1 Å². The van der Waals surface area contributed by atoms with Crippen molar-refractivity contribution in [2.45, 2.75) is 0 Å². The molecule has 6 rings (SSSR count). The minimum absolute atomic E-state index is 0.0537. The lowest BCUT2D eigenvalue weighted by atomic mass is 10.2. The quantitative estimate of drug-likeness (QED) is 0.452. The molecule has 9 nitrogen and oxygen atoms in total. The van der Waals surface area contributed by atoms with Crippen LogP contribution in [0.5, 0.6) is 17.6 Å². The summed E-state index contributed by atoms with van der Waals surface area (Å²) in [7, 11) is 0. The molecular formula is C24H20N6O3. The Hall–Kier alpha value is -4.24. The van der Waals surface area contributed by atoms with Crippen LogP contribution in [-0.2, 0) is 4.74 Å². The first-order valence-corrected chi connectivity index (χ1v) is 10.6. The van der Waals surface area contributed by atoms with Gasteiger partial charge in [0.1, 0.15) is 5.75 Å². The number of anilines is 1. The Morgan fingerprint density at radius 3 is 2.73 bits per heavy atom. The number of morpholine rings is 1. The van der Waals surface area contributed by atoms with Gasteiger partial charge in [-0.15, -0.1) is 0 Å². The number of benzene rings is 2. The molecule has 1 fully saturated rings. The number of ether oxygens (including phenoxy) is 2. The van der Waals surface area contributed by atoms with Gasteiger partial charge in [0, 0.05) is 36.6 Å². The molecule has 5 aromatic rings. The Labute approximate surface area is 188 Å². The van der Waals surface area contributed by atoms with E-state index in [2.05, 4.69) is 32.0 Å². The van der Waals surface area contributed by atoms with Crippen LogP contribution >= 0.6 is 0 Å². The van der Waals surface area contributed by atoms with Crippen LogP contribution in [0.25, 0.3) is 27.5 Å². The van der Waals surface area contributed by atoms with Crippen molar-refractivity contribution in [1.82, 2.24) is 24.7 Å². The molecule has 0 unspecified atom stereocenters. The number of nitrogens with zero attached hydrogens (tertiary/aromatic N) is 6. The van der Waals surface area contributed by atoms with Crippen molar-refractivity contribution >= 4 is 27.5 Å². The van der Waals surface area contributed by atoms with E-state index in [4.69, 9.17) is 14.6 Å². The lowest BCUT2D eigenvalue weighted by molar-refractivity contribution is 0.122. The molecular weight excluding hydrogens is 420 g/mol. The molecule has 0 atom stereocenters. The highest BCUT2D eigenvalue weighted by Crippen LogP contribution is 2.28. The molecule has 4 heterocycles. The monoisotopic (exact) mass is 440 g/mol. The second-order valence-electron chi connectivity index (χ2n) is 7.74. The molecule has 1 N–H and O–H groups in total. The molecule has 33 heavy (non-hydrogen) atoms. The molecule has 0 bridgehead atoms. The lowest BCUT2D eigenvalue weighted by Gasteiger charge is -2.29. The van der Waals surface area contributed by atoms with Gasteiger partial charge in [0.05, 0.1) is 41.5 Å². The second kappa shape index (κ2) is 8.03. The highest BCUT2D eigenvalue weighted by molar-refractivity contribution is 5.82. The maximum atomic E-state index is 10.2.